The van der Waals surface area contributed by atoms with Gasteiger partial charge in [-0.2, -0.15) is 0 Å². The molecule has 0 aromatic heterocycles. The summed E-state index contributed by atoms with van der Waals surface area (Å²) in [7, 11) is 0. The fourth-order valence-corrected chi connectivity index (χ4v) is 0.681. The van der Waals surface area contributed by atoms with Crippen molar-refractivity contribution in [2.45, 2.75) is 20.8 Å². The van der Waals surface area contributed by atoms with Gasteiger partial charge in [-0.05, 0) is 18.2 Å². The Morgan fingerprint density at radius 2 is 0.647 bits per heavy atom. The van der Waals surface area contributed by atoms with Gasteiger partial charge in [-0.3, -0.25) is 28.8 Å². The van der Waals surface area contributed by atoms with Crippen LogP contribution < -0.4 is 31.3 Å². The minimum atomic E-state index is -1.33. The van der Waals surface area contributed by atoms with E-state index in [0.29, 0.717) is 0 Å². The number of amides is 3. The van der Waals surface area contributed by atoms with Gasteiger partial charge >= 0.3 is 17.1 Å². The van der Waals surface area contributed by atoms with Crippen LogP contribution in [0.1, 0.15) is 20.8 Å². The predicted octanol–water partition coefficient (Wildman–Crippen LogP) is -6.04. The standard InChI is InChI=1S/3C5H7NO3.3CO.Fe/c3*1-4(7)6-3-2-5(8)9;3*1-2;/h3*2-3H,1H3,(H,6,7)(H,8,9);;;;/q;;;;;;+3/p-3. The second kappa shape index (κ2) is 42.6. The van der Waals surface area contributed by atoms with Crippen LogP contribution in [-0.2, 0) is 60.2 Å². The van der Waals surface area contributed by atoms with Crippen molar-refractivity contribution in [1.82, 2.24) is 16.0 Å². The van der Waals surface area contributed by atoms with E-state index in [-0.39, 0.29) is 34.8 Å². The molecule has 15 nitrogen and oxygen atoms in total. The Balaban J connectivity index is -0.0000000569. The quantitative estimate of drug-likeness (QED) is 0.217. The summed E-state index contributed by atoms with van der Waals surface area (Å²) < 4.78 is 0. The Labute approximate surface area is 205 Å². The number of carboxylic acids is 3. The molecule has 0 aliphatic carbocycles. The zero-order valence-electron chi connectivity index (χ0n) is 17.7. The molecule has 16 heteroatoms. The number of carboxylic acid groups (broad SMARTS) is 3. The molecule has 0 atom stereocenters. The zero-order chi connectivity index (χ0) is 27.8. The first-order chi connectivity index (χ1) is 15.4. The van der Waals surface area contributed by atoms with Crippen LogP contribution in [0.5, 0.6) is 0 Å². The number of aliphatic carboxylic acids is 3. The Hall–Kier alpha value is -4.43. The molecular weight excluding hydrogens is 506 g/mol. The van der Waals surface area contributed by atoms with E-state index in [2.05, 4.69) is 36.3 Å². The van der Waals surface area contributed by atoms with Crippen LogP contribution >= 0.6 is 0 Å². The average Bonchev–Trinajstić information content (AvgIpc) is 2.72. The van der Waals surface area contributed by atoms with E-state index in [1.165, 1.54) is 20.8 Å². The van der Waals surface area contributed by atoms with Crippen molar-refractivity contribution < 1.29 is 75.5 Å². The summed E-state index contributed by atoms with van der Waals surface area (Å²) in [5.41, 5.74) is 0. The number of rotatable bonds is 6. The number of hydrogen-bond donors (Lipinski definition) is 3. The van der Waals surface area contributed by atoms with E-state index >= 15 is 0 Å². The van der Waals surface area contributed by atoms with Gasteiger partial charge in [0.05, 0.1) is 17.9 Å². The van der Waals surface area contributed by atoms with Crippen LogP contribution in [0.2, 0.25) is 0 Å². The van der Waals surface area contributed by atoms with Crippen molar-refractivity contribution in [3.05, 3.63) is 36.8 Å². The molecule has 0 aromatic carbocycles. The smallest absolute Gasteiger partial charge is 0.545 e. The SMILES string of the molecule is CC(=O)NC=CC(=O)[O-].CC(=O)NC=CC(=O)[O-].CC(=O)NC=CC(=O)[O-].[C]=O.[C]=O.[C]=O.[Fe+3]. The van der Waals surface area contributed by atoms with Crippen molar-refractivity contribution >= 4 is 56.0 Å². The van der Waals surface area contributed by atoms with Crippen LogP contribution in [0.3, 0.4) is 0 Å². The monoisotopic (exact) mass is 524 g/mol. The van der Waals surface area contributed by atoms with Gasteiger partial charge in [0.25, 0.3) is 20.4 Å². The zero-order valence-corrected chi connectivity index (χ0v) is 18.8. The van der Waals surface area contributed by atoms with Crippen molar-refractivity contribution in [3.8, 4) is 0 Å². The van der Waals surface area contributed by atoms with Crippen LogP contribution in [0.15, 0.2) is 36.8 Å². The van der Waals surface area contributed by atoms with Gasteiger partial charge in [0, 0.05) is 39.4 Å². The third kappa shape index (κ3) is 106. The number of nitrogens with one attached hydrogen (secondary N) is 3. The molecule has 185 valence electrons. The molecule has 7 radical (unpaired) electrons. The first-order valence-corrected chi connectivity index (χ1v) is 7.43. The van der Waals surface area contributed by atoms with Crippen LogP contribution in [0.4, 0.5) is 0 Å². The molecule has 34 heavy (non-hydrogen) atoms. The Bertz CT molecular complexity index is 589. The third-order valence-corrected chi connectivity index (χ3v) is 1.52. The number of carbonyl (C=O) groups is 6. The fraction of sp³-hybridized carbons (Fsp3) is 0.167. The molecule has 0 unspecified atom stereocenters. The third-order valence-electron chi connectivity index (χ3n) is 1.52. The minimum Gasteiger partial charge on any atom is -0.545 e. The van der Waals surface area contributed by atoms with E-state index < -0.39 is 17.9 Å². The van der Waals surface area contributed by atoms with E-state index in [4.69, 9.17) is 14.4 Å². The molecule has 0 saturated carbocycles. The van der Waals surface area contributed by atoms with Crippen molar-refractivity contribution in [2.24, 2.45) is 0 Å². The molecule has 0 aliphatic heterocycles. The molecular formula is C18H18FeN3O12. The molecule has 3 N–H and O–H groups in total. The minimum absolute atomic E-state index is 0. The molecule has 0 aromatic rings. The van der Waals surface area contributed by atoms with E-state index in [9.17, 15) is 44.1 Å². The largest absolute Gasteiger partial charge is 3.00 e. The maximum Gasteiger partial charge on any atom is 3.00 e. The molecule has 0 aliphatic rings. The molecule has 0 heterocycles. The van der Waals surface area contributed by atoms with Gasteiger partial charge in [0.15, 0.2) is 0 Å². The average molecular weight is 524 g/mol. The van der Waals surface area contributed by atoms with E-state index in [1.54, 1.807) is 0 Å². The molecule has 0 saturated heterocycles. The van der Waals surface area contributed by atoms with E-state index in [0.717, 1.165) is 36.8 Å². The van der Waals surface area contributed by atoms with Crippen LogP contribution in [0, 0.1) is 0 Å². The second-order valence-electron chi connectivity index (χ2n) is 4.06. The maximum atomic E-state index is 10.0. The number of carbonyl (C=O) groups excluding carboxylic acids is 9. The van der Waals surface area contributed by atoms with Crippen molar-refractivity contribution in [2.75, 3.05) is 0 Å². The van der Waals surface area contributed by atoms with E-state index in [1.807, 2.05) is 0 Å². The maximum absolute atomic E-state index is 10.0. The topological polar surface area (TPSA) is 259 Å². The van der Waals surface area contributed by atoms with Crippen LogP contribution in [-0.4, -0.2) is 56.0 Å². The summed E-state index contributed by atoms with van der Waals surface area (Å²) in [5, 5.41) is 35.3. The summed E-state index contributed by atoms with van der Waals surface area (Å²) in [6.45, 7) is 17.3. The van der Waals surface area contributed by atoms with Gasteiger partial charge in [0.1, 0.15) is 0 Å². The molecule has 0 rings (SSSR count). The summed E-state index contributed by atoms with van der Waals surface area (Å²) in [4.78, 5) is 81.5. The Morgan fingerprint density at radius 3 is 0.735 bits per heavy atom. The number of hydrogen-bond acceptors (Lipinski definition) is 12. The summed E-state index contributed by atoms with van der Waals surface area (Å²) in [6, 6.07) is 0. The molecule has 0 fully saturated rings. The molecule has 0 bridgehead atoms. The van der Waals surface area contributed by atoms with Crippen LogP contribution in [0.25, 0.3) is 0 Å². The fourth-order valence-electron chi connectivity index (χ4n) is 0.681. The van der Waals surface area contributed by atoms with Gasteiger partial charge < -0.3 is 45.7 Å². The predicted molar refractivity (Wildman–Crippen MR) is 101 cm³/mol. The van der Waals surface area contributed by atoms with Gasteiger partial charge in [-0.15, -0.1) is 0 Å². The van der Waals surface area contributed by atoms with Crippen molar-refractivity contribution in [3.63, 3.8) is 0 Å². The summed E-state index contributed by atoms with van der Waals surface area (Å²) in [6.07, 6.45) is 5.25. The molecule has 0 spiro atoms. The van der Waals surface area contributed by atoms with Gasteiger partial charge in [-0.25, -0.2) is 0 Å². The Kier molecular flexibility index (Phi) is 59.4. The normalized spacial score (nSPS) is 7.85. The second-order valence-corrected chi connectivity index (χ2v) is 4.06. The first-order valence-electron chi connectivity index (χ1n) is 7.43. The van der Waals surface area contributed by atoms with Gasteiger partial charge in [0.2, 0.25) is 17.7 Å². The van der Waals surface area contributed by atoms with Crippen molar-refractivity contribution in [1.29, 1.82) is 0 Å². The summed E-state index contributed by atoms with van der Waals surface area (Å²) >= 11 is 0. The summed E-state index contributed by atoms with van der Waals surface area (Å²) in [5.74, 6) is -4.93. The Morgan fingerprint density at radius 1 is 0.500 bits per heavy atom. The first kappa shape index (κ1) is 47.4. The molecule has 3 amide bonds. The van der Waals surface area contributed by atoms with Gasteiger partial charge in [-0.1, -0.05) is 0 Å².